The van der Waals surface area contributed by atoms with Gasteiger partial charge in [0.25, 0.3) is 0 Å². The summed E-state index contributed by atoms with van der Waals surface area (Å²) in [5.41, 5.74) is 1.36. The minimum Gasteiger partial charge on any atom is -0.324 e. The predicted molar refractivity (Wildman–Crippen MR) is 108 cm³/mol. The van der Waals surface area contributed by atoms with Gasteiger partial charge in [-0.25, -0.2) is 12.8 Å². The molecule has 0 spiro atoms. The normalized spacial score (nSPS) is 12.5. The van der Waals surface area contributed by atoms with Gasteiger partial charge >= 0.3 is 0 Å². The Morgan fingerprint density at radius 2 is 1.89 bits per heavy atom. The Hall–Kier alpha value is -1.83. The summed E-state index contributed by atoms with van der Waals surface area (Å²) in [6, 6.07) is 7.46. The fourth-order valence-electron chi connectivity index (χ4n) is 2.63. The van der Waals surface area contributed by atoms with Gasteiger partial charge < -0.3 is 5.32 Å². The highest BCUT2D eigenvalue weighted by Crippen LogP contribution is 2.28. The maximum atomic E-state index is 13.5. The molecule has 0 aliphatic heterocycles. The number of halogens is 3. The first-order chi connectivity index (χ1) is 12.5. The van der Waals surface area contributed by atoms with E-state index in [1.165, 1.54) is 12.1 Å². The zero-order chi connectivity index (χ0) is 20.4. The molecule has 0 bridgehead atoms. The van der Waals surface area contributed by atoms with Crippen LogP contribution >= 0.6 is 23.2 Å². The van der Waals surface area contributed by atoms with E-state index in [1.54, 1.807) is 32.0 Å². The average molecular weight is 433 g/mol. The van der Waals surface area contributed by atoms with E-state index in [0.717, 1.165) is 22.2 Å². The molecule has 146 valence electrons. The van der Waals surface area contributed by atoms with E-state index in [-0.39, 0.29) is 17.1 Å². The Morgan fingerprint density at radius 1 is 1.22 bits per heavy atom. The first-order valence-electron chi connectivity index (χ1n) is 8.06. The Morgan fingerprint density at radius 3 is 2.44 bits per heavy atom. The molecule has 0 saturated carbocycles. The number of amides is 1. The quantitative estimate of drug-likeness (QED) is 0.723. The van der Waals surface area contributed by atoms with Crippen LogP contribution in [0, 0.1) is 12.7 Å². The molecule has 1 atom stereocenters. The van der Waals surface area contributed by atoms with Crippen molar-refractivity contribution < 1.29 is 17.6 Å². The average Bonchev–Trinajstić information content (AvgIpc) is 2.57. The van der Waals surface area contributed by atoms with Crippen molar-refractivity contribution in [3.63, 3.8) is 0 Å². The second-order valence-corrected chi connectivity index (χ2v) is 8.73. The van der Waals surface area contributed by atoms with Crippen molar-refractivity contribution in [2.75, 3.05) is 15.9 Å². The molecule has 2 rings (SSSR count). The third kappa shape index (κ3) is 5.12. The van der Waals surface area contributed by atoms with Crippen molar-refractivity contribution in [1.29, 1.82) is 0 Å². The van der Waals surface area contributed by atoms with Crippen LogP contribution < -0.4 is 9.62 Å². The molecule has 0 unspecified atom stereocenters. The van der Waals surface area contributed by atoms with Gasteiger partial charge in [-0.1, -0.05) is 36.2 Å². The summed E-state index contributed by atoms with van der Waals surface area (Å²) < 4.78 is 39.2. The number of anilines is 2. The summed E-state index contributed by atoms with van der Waals surface area (Å²) in [5, 5.41) is 2.92. The van der Waals surface area contributed by atoms with Gasteiger partial charge in [-0.2, -0.15) is 0 Å². The molecule has 0 radical (unpaired) electrons. The monoisotopic (exact) mass is 432 g/mol. The zero-order valence-electron chi connectivity index (χ0n) is 15.0. The highest BCUT2D eigenvalue weighted by Gasteiger charge is 2.32. The van der Waals surface area contributed by atoms with Crippen molar-refractivity contribution in [2.45, 2.75) is 26.3 Å². The number of nitrogens with zero attached hydrogens (tertiary/aromatic N) is 1. The fourth-order valence-corrected chi connectivity index (χ4v) is 4.18. The largest absolute Gasteiger partial charge is 0.324 e. The van der Waals surface area contributed by atoms with Crippen LogP contribution in [-0.4, -0.2) is 26.6 Å². The lowest BCUT2D eigenvalue weighted by Gasteiger charge is -2.30. The van der Waals surface area contributed by atoms with Gasteiger partial charge in [-0.15, -0.1) is 0 Å². The van der Waals surface area contributed by atoms with Gasteiger partial charge in [0, 0.05) is 10.7 Å². The molecular formula is C18H19Cl2FN2O3S. The fraction of sp³-hybridized carbons (Fsp3) is 0.278. The maximum absolute atomic E-state index is 13.5. The molecule has 0 aromatic heterocycles. The van der Waals surface area contributed by atoms with E-state index < -0.39 is 27.8 Å². The van der Waals surface area contributed by atoms with Gasteiger partial charge in [-0.05, 0) is 49.2 Å². The van der Waals surface area contributed by atoms with Gasteiger partial charge in [0.1, 0.15) is 11.9 Å². The molecule has 0 aliphatic carbocycles. The number of carbonyl (C=O) groups excluding carboxylic acids is 1. The number of sulfonamides is 1. The zero-order valence-corrected chi connectivity index (χ0v) is 17.3. The lowest BCUT2D eigenvalue weighted by atomic mass is 10.1. The van der Waals surface area contributed by atoms with Crippen LogP contribution in [0.2, 0.25) is 10.0 Å². The molecule has 0 fully saturated rings. The van der Waals surface area contributed by atoms with E-state index in [1.807, 2.05) is 0 Å². The van der Waals surface area contributed by atoms with Crippen LogP contribution in [0.25, 0.3) is 0 Å². The van der Waals surface area contributed by atoms with Gasteiger partial charge in [0.2, 0.25) is 15.9 Å². The van der Waals surface area contributed by atoms with Crippen molar-refractivity contribution in [1.82, 2.24) is 0 Å². The van der Waals surface area contributed by atoms with Crippen LogP contribution in [0.1, 0.15) is 18.9 Å². The highest BCUT2D eigenvalue weighted by molar-refractivity contribution is 7.92. The molecule has 0 saturated heterocycles. The summed E-state index contributed by atoms with van der Waals surface area (Å²) in [6.07, 6.45) is 1.17. The van der Waals surface area contributed by atoms with E-state index >= 15 is 0 Å². The molecule has 0 aliphatic rings. The number of nitrogens with one attached hydrogen (secondary N) is 1. The number of hydrogen-bond acceptors (Lipinski definition) is 3. The lowest BCUT2D eigenvalue weighted by molar-refractivity contribution is -0.117. The first kappa shape index (κ1) is 21.5. The van der Waals surface area contributed by atoms with E-state index in [0.29, 0.717) is 10.7 Å². The topological polar surface area (TPSA) is 66.5 Å². The van der Waals surface area contributed by atoms with Crippen LogP contribution in [0.5, 0.6) is 0 Å². The van der Waals surface area contributed by atoms with E-state index in [4.69, 9.17) is 23.2 Å². The summed E-state index contributed by atoms with van der Waals surface area (Å²) in [4.78, 5) is 12.9. The number of aryl methyl sites for hydroxylation is 1. The number of hydrogen-bond donors (Lipinski definition) is 1. The second kappa shape index (κ2) is 8.46. The molecule has 9 heteroatoms. The molecule has 1 N–H and O–H groups in total. The molecule has 5 nitrogen and oxygen atoms in total. The number of carbonyl (C=O) groups is 1. The van der Waals surface area contributed by atoms with Crippen LogP contribution in [-0.2, 0) is 14.8 Å². The highest BCUT2D eigenvalue weighted by atomic mass is 35.5. The minimum absolute atomic E-state index is 0.105. The molecule has 2 aromatic carbocycles. The van der Waals surface area contributed by atoms with E-state index in [2.05, 4.69) is 5.32 Å². The molecule has 2 aromatic rings. The number of benzene rings is 2. The Kier molecular flexibility index (Phi) is 6.72. The summed E-state index contributed by atoms with van der Waals surface area (Å²) >= 11 is 11.8. The maximum Gasteiger partial charge on any atom is 0.248 e. The number of rotatable bonds is 6. The second-order valence-electron chi connectivity index (χ2n) is 6.03. The van der Waals surface area contributed by atoms with Gasteiger partial charge in [0.15, 0.2) is 0 Å². The smallest absolute Gasteiger partial charge is 0.248 e. The van der Waals surface area contributed by atoms with Crippen molar-refractivity contribution in [3.05, 3.63) is 57.8 Å². The summed E-state index contributed by atoms with van der Waals surface area (Å²) in [5.74, 6) is -1.21. The van der Waals surface area contributed by atoms with Crippen molar-refractivity contribution in [3.8, 4) is 0 Å². The van der Waals surface area contributed by atoms with Crippen LogP contribution in [0.15, 0.2) is 36.4 Å². The van der Waals surface area contributed by atoms with Crippen LogP contribution in [0.4, 0.5) is 15.8 Å². The summed E-state index contributed by atoms with van der Waals surface area (Å²) in [6.45, 7) is 3.47. The first-order valence-corrected chi connectivity index (χ1v) is 10.7. The van der Waals surface area contributed by atoms with Gasteiger partial charge in [0.05, 0.1) is 17.0 Å². The molecule has 27 heavy (non-hydrogen) atoms. The summed E-state index contributed by atoms with van der Waals surface area (Å²) in [7, 11) is -3.85. The van der Waals surface area contributed by atoms with E-state index in [9.17, 15) is 17.6 Å². The molecule has 1 amide bonds. The standard InChI is InChI=1S/C18H19Cl2FN2O3S/c1-4-17(18(24)22-16-9-12(19)6-5-11(16)2)23(27(3,25)26)13-7-8-15(21)14(20)10-13/h5-10,17H,4H2,1-3H3,(H,22,24)/t17-/m0/s1. The molecule has 0 heterocycles. The lowest BCUT2D eigenvalue weighted by Crippen LogP contribution is -2.47. The van der Waals surface area contributed by atoms with Crippen molar-refractivity contribution >= 4 is 50.5 Å². The van der Waals surface area contributed by atoms with Gasteiger partial charge in [-0.3, -0.25) is 9.10 Å². The SMILES string of the molecule is CC[C@@H](C(=O)Nc1cc(Cl)ccc1C)N(c1ccc(F)c(Cl)c1)S(C)(=O)=O. The van der Waals surface area contributed by atoms with Crippen molar-refractivity contribution in [2.24, 2.45) is 0 Å². The third-order valence-corrected chi connectivity index (χ3v) is 5.65. The minimum atomic E-state index is -3.85. The Balaban J connectivity index is 2.44. The third-order valence-electron chi connectivity index (χ3n) is 3.94. The Labute approximate surface area is 168 Å². The van der Waals surface area contributed by atoms with Crippen LogP contribution in [0.3, 0.4) is 0 Å². The molecular weight excluding hydrogens is 414 g/mol. The Bertz CT molecular complexity index is 967. The predicted octanol–water partition coefficient (Wildman–Crippen LogP) is 4.62.